The van der Waals surface area contributed by atoms with Gasteiger partial charge < -0.3 is 20.8 Å². The van der Waals surface area contributed by atoms with Crippen LogP contribution in [0.25, 0.3) is 21.3 Å². The summed E-state index contributed by atoms with van der Waals surface area (Å²) < 4.78 is 6.23. The smallest absolute Gasteiger partial charge is 0.316 e. The minimum atomic E-state index is -0.502. The van der Waals surface area contributed by atoms with E-state index in [2.05, 4.69) is 25.8 Å². The van der Waals surface area contributed by atoms with Crippen LogP contribution in [0.3, 0.4) is 0 Å². The molecule has 10 nitrogen and oxygen atoms in total. The molecule has 1 aliphatic rings. The molecule has 0 bridgehead atoms. The molecule has 32 heavy (non-hydrogen) atoms. The number of ketones is 1. The molecule has 0 unspecified atom stereocenters. The molecule has 3 heterocycles. The Balaban J connectivity index is 1.43. The monoisotopic (exact) mass is 448 g/mol. The van der Waals surface area contributed by atoms with Crippen LogP contribution in [0.5, 0.6) is 0 Å². The molecule has 1 atom stereocenters. The molecule has 0 radical (unpaired) electrons. The van der Waals surface area contributed by atoms with Crippen molar-refractivity contribution in [1.29, 1.82) is 0 Å². The topological polar surface area (TPSA) is 153 Å². The molecule has 5 rings (SSSR count). The van der Waals surface area contributed by atoms with Crippen molar-refractivity contribution >= 4 is 45.2 Å². The lowest BCUT2D eigenvalue weighted by atomic mass is 10.0. The van der Waals surface area contributed by atoms with E-state index >= 15 is 0 Å². The summed E-state index contributed by atoms with van der Waals surface area (Å²) in [5.74, 6) is -1.37. The van der Waals surface area contributed by atoms with Gasteiger partial charge in [-0.25, -0.2) is 4.98 Å². The van der Waals surface area contributed by atoms with Gasteiger partial charge in [-0.05, 0) is 30.2 Å². The number of hydrogen-bond donors (Lipinski definition) is 3. The van der Waals surface area contributed by atoms with E-state index in [1.807, 2.05) is 18.2 Å². The van der Waals surface area contributed by atoms with Crippen molar-refractivity contribution < 1.29 is 18.8 Å². The summed E-state index contributed by atoms with van der Waals surface area (Å²) in [7, 11) is 0. The third-order valence-electron chi connectivity index (χ3n) is 5.06. The number of hydrogen-bond acceptors (Lipinski definition) is 9. The molecular weight excluding hydrogens is 432 g/mol. The number of para-hydroxylation sites is 1. The maximum absolute atomic E-state index is 12.9. The van der Waals surface area contributed by atoms with Crippen molar-refractivity contribution in [1.82, 2.24) is 20.5 Å². The molecule has 2 aromatic heterocycles. The van der Waals surface area contributed by atoms with Gasteiger partial charge in [-0.15, -0.1) is 16.4 Å². The number of aromatic nitrogens is 3. The van der Waals surface area contributed by atoms with Crippen molar-refractivity contribution in [3.05, 3.63) is 58.9 Å². The Morgan fingerprint density at radius 1 is 1.16 bits per heavy atom. The van der Waals surface area contributed by atoms with E-state index in [-0.39, 0.29) is 22.8 Å². The molecule has 1 aliphatic heterocycles. The van der Waals surface area contributed by atoms with Gasteiger partial charge in [0.1, 0.15) is 6.04 Å². The highest BCUT2D eigenvalue weighted by Gasteiger charge is 2.27. The summed E-state index contributed by atoms with van der Waals surface area (Å²) in [6, 6.07) is 12.0. The second-order valence-corrected chi connectivity index (χ2v) is 8.16. The van der Waals surface area contributed by atoms with E-state index in [0.717, 1.165) is 15.8 Å². The van der Waals surface area contributed by atoms with Gasteiger partial charge >= 0.3 is 6.01 Å². The van der Waals surface area contributed by atoms with E-state index in [0.29, 0.717) is 24.0 Å². The molecule has 1 saturated heterocycles. The number of anilines is 1. The fourth-order valence-electron chi connectivity index (χ4n) is 3.44. The van der Waals surface area contributed by atoms with Gasteiger partial charge in [-0.1, -0.05) is 29.4 Å². The van der Waals surface area contributed by atoms with Crippen LogP contribution in [0.15, 0.2) is 46.9 Å². The highest BCUT2D eigenvalue weighted by atomic mass is 32.1. The first-order chi connectivity index (χ1) is 15.5. The Hall–Kier alpha value is -4.12. The molecule has 0 saturated carbocycles. The van der Waals surface area contributed by atoms with Gasteiger partial charge in [0.05, 0.1) is 10.2 Å². The number of nitrogens with two attached hydrogens (primary N) is 1. The van der Waals surface area contributed by atoms with E-state index in [4.69, 9.17) is 10.2 Å². The Bertz CT molecular complexity index is 1360. The Morgan fingerprint density at radius 2 is 1.97 bits per heavy atom. The molecule has 0 aliphatic carbocycles. The number of thiazole rings is 1. The van der Waals surface area contributed by atoms with Gasteiger partial charge in [0.25, 0.3) is 11.7 Å². The number of carbonyl (C=O) groups excluding carboxylic acids is 3. The molecule has 4 aromatic rings. The number of carbonyl (C=O) groups is 3. The van der Waals surface area contributed by atoms with Crippen LogP contribution in [0.4, 0.5) is 6.01 Å². The molecule has 2 aromatic carbocycles. The van der Waals surface area contributed by atoms with Crippen LogP contribution in [-0.4, -0.2) is 45.4 Å². The Morgan fingerprint density at radius 3 is 2.69 bits per heavy atom. The molecule has 160 valence electrons. The van der Waals surface area contributed by atoms with Gasteiger partial charge in [0, 0.05) is 17.7 Å². The summed E-state index contributed by atoms with van der Waals surface area (Å²) in [6.07, 6.45) is 0.589. The summed E-state index contributed by atoms with van der Waals surface area (Å²) in [4.78, 5) is 40.4. The van der Waals surface area contributed by atoms with Crippen molar-refractivity contribution in [2.75, 3.05) is 11.9 Å². The fraction of sp³-hybridized carbons (Fsp3) is 0.143. The molecule has 4 N–H and O–H groups in total. The second-order valence-electron chi connectivity index (χ2n) is 7.13. The SMILES string of the molecule is NC(=O)c1ccc(-c2cccc3sc(C(=O)c4nnc(N[C@H]5CCNC5=O)o4)nc23)cc1. The molecule has 2 amide bonds. The van der Waals surface area contributed by atoms with Gasteiger partial charge in [-0.2, -0.15) is 0 Å². The minimum Gasteiger partial charge on any atom is -0.400 e. The quantitative estimate of drug-likeness (QED) is 0.379. The average Bonchev–Trinajstić information content (AvgIpc) is 3.53. The Kier molecular flexibility index (Phi) is 4.86. The second kappa shape index (κ2) is 7.85. The zero-order chi connectivity index (χ0) is 22.2. The zero-order valence-electron chi connectivity index (χ0n) is 16.5. The predicted molar refractivity (Wildman–Crippen MR) is 116 cm³/mol. The summed E-state index contributed by atoms with van der Waals surface area (Å²) in [5.41, 5.74) is 8.01. The first kappa shape index (κ1) is 19.8. The lowest BCUT2D eigenvalue weighted by Crippen LogP contribution is -2.29. The van der Waals surface area contributed by atoms with Crippen molar-refractivity contribution in [3.8, 4) is 11.1 Å². The standard InChI is InChI=1S/C21H16N6O4S/c22-17(29)11-6-4-10(5-7-11)12-2-1-3-14-15(12)25-20(32-14)16(28)19-26-27-21(31-19)24-13-8-9-23-18(13)30/h1-7,13H,8-9H2,(H2,22,29)(H,23,30)(H,24,27)/t13-/m0/s1. The lowest BCUT2D eigenvalue weighted by Gasteiger charge is -2.05. The van der Waals surface area contributed by atoms with Gasteiger partial charge in [0.15, 0.2) is 5.01 Å². The number of fused-ring (bicyclic) bond motifs is 1. The summed E-state index contributed by atoms with van der Waals surface area (Å²) in [6.45, 7) is 0.565. The predicted octanol–water partition coefficient (Wildman–Crippen LogP) is 1.98. The number of rotatable bonds is 6. The first-order valence-corrected chi connectivity index (χ1v) is 10.5. The first-order valence-electron chi connectivity index (χ1n) is 9.72. The van der Waals surface area contributed by atoms with E-state index in [1.54, 1.807) is 24.3 Å². The van der Waals surface area contributed by atoms with Gasteiger partial charge in [0.2, 0.25) is 11.8 Å². The molecule has 1 fully saturated rings. The van der Waals surface area contributed by atoms with E-state index in [1.165, 1.54) is 11.3 Å². The Labute approximate surface area is 184 Å². The van der Waals surface area contributed by atoms with Crippen LogP contribution >= 0.6 is 11.3 Å². The van der Waals surface area contributed by atoms with Gasteiger partial charge in [-0.3, -0.25) is 14.4 Å². The van der Waals surface area contributed by atoms with Crippen LogP contribution in [-0.2, 0) is 4.79 Å². The average molecular weight is 448 g/mol. The third-order valence-corrected chi connectivity index (χ3v) is 6.08. The molecule has 11 heteroatoms. The highest BCUT2D eigenvalue weighted by Crippen LogP contribution is 2.32. The number of nitrogens with zero attached hydrogens (tertiary/aromatic N) is 3. The van der Waals surface area contributed by atoms with Crippen LogP contribution in [0.2, 0.25) is 0 Å². The minimum absolute atomic E-state index is 0.00624. The lowest BCUT2D eigenvalue weighted by molar-refractivity contribution is -0.119. The summed E-state index contributed by atoms with van der Waals surface area (Å²) >= 11 is 1.21. The fourth-order valence-corrected chi connectivity index (χ4v) is 4.36. The van der Waals surface area contributed by atoms with E-state index < -0.39 is 17.7 Å². The largest absolute Gasteiger partial charge is 0.400 e. The molecular formula is C21H16N6O4S. The normalized spacial score (nSPS) is 15.6. The number of amides is 2. The van der Waals surface area contributed by atoms with Crippen LogP contribution in [0, 0.1) is 0 Å². The number of benzene rings is 2. The van der Waals surface area contributed by atoms with Crippen molar-refractivity contribution in [3.63, 3.8) is 0 Å². The number of nitrogens with one attached hydrogen (secondary N) is 2. The summed E-state index contributed by atoms with van der Waals surface area (Å²) in [5, 5.41) is 13.3. The molecule has 0 spiro atoms. The van der Waals surface area contributed by atoms with Crippen LogP contribution < -0.4 is 16.4 Å². The zero-order valence-corrected chi connectivity index (χ0v) is 17.3. The number of primary amides is 1. The van der Waals surface area contributed by atoms with E-state index in [9.17, 15) is 14.4 Å². The van der Waals surface area contributed by atoms with Crippen LogP contribution in [0.1, 0.15) is 32.5 Å². The maximum atomic E-state index is 12.9. The third kappa shape index (κ3) is 3.58. The maximum Gasteiger partial charge on any atom is 0.316 e. The van der Waals surface area contributed by atoms with Crippen molar-refractivity contribution in [2.45, 2.75) is 12.5 Å². The van der Waals surface area contributed by atoms with Crippen molar-refractivity contribution in [2.24, 2.45) is 5.73 Å². The highest BCUT2D eigenvalue weighted by molar-refractivity contribution is 7.20.